The number of hydrogen-bond donors (Lipinski definition) is 4. The molecular formula is C36H58O7. The molecule has 7 heteroatoms. The minimum atomic E-state index is -1.29. The van der Waals surface area contributed by atoms with Crippen LogP contribution in [0, 0.1) is 56.7 Å². The van der Waals surface area contributed by atoms with Crippen molar-refractivity contribution in [3.63, 3.8) is 0 Å². The van der Waals surface area contributed by atoms with Crippen molar-refractivity contribution in [3.8, 4) is 0 Å². The predicted molar refractivity (Wildman–Crippen MR) is 164 cm³/mol. The molecule has 0 aromatic rings. The Labute approximate surface area is 258 Å². The lowest BCUT2D eigenvalue weighted by molar-refractivity contribution is -0.326. The van der Waals surface area contributed by atoms with Gasteiger partial charge in [-0.25, -0.2) is 0 Å². The third-order valence-electron chi connectivity index (χ3n) is 15.5. The van der Waals surface area contributed by atoms with Crippen molar-refractivity contribution in [2.45, 2.75) is 149 Å². The van der Waals surface area contributed by atoms with E-state index in [4.69, 9.17) is 9.47 Å². The molecule has 4 N–H and O–H groups in total. The highest BCUT2D eigenvalue weighted by molar-refractivity contribution is 5.76. The number of carbonyl (C=O) groups is 1. The molecule has 6 rings (SSSR count). The summed E-state index contributed by atoms with van der Waals surface area (Å²) < 4.78 is 12.4. The predicted octanol–water partition coefficient (Wildman–Crippen LogP) is 5.94. The van der Waals surface area contributed by atoms with Crippen molar-refractivity contribution in [1.82, 2.24) is 0 Å². The summed E-state index contributed by atoms with van der Waals surface area (Å²) in [6.07, 6.45) is 4.48. The first-order valence-corrected chi connectivity index (χ1v) is 17.2. The first-order chi connectivity index (χ1) is 20.0. The van der Waals surface area contributed by atoms with Gasteiger partial charge in [0.1, 0.15) is 18.3 Å². The lowest BCUT2D eigenvalue weighted by Crippen LogP contribution is -2.67. The van der Waals surface area contributed by atoms with Gasteiger partial charge in [0, 0.05) is 0 Å². The summed E-state index contributed by atoms with van der Waals surface area (Å²) in [4.78, 5) is 12.9. The Morgan fingerprint density at radius 1 is 0.814 bits per heavy atom. The van der Waals surface area contributed by atoms with Gasteiger partial charge in [-0.3, -0.25) is 4.79 Å². The van der Waals surface area contributed by atoms with E-state index in [2.05, 4.69) is 48.1 Å². The second kappa shape index (κ2) is 10.3. The summed E-state index contributed by atoms with van der Waals surface area (Å²) >= 11 is 0. The zero-order valence-corrected chi connectivity index (χ0v) is 27.6. The molecule has 0 bridgehead atoms. The summed E-state index contributed by atoms with van der Waals surface area (Å²) in [5.74, 6) is 1.30. The SMILES string of the molecule is C=C(C)[C@@H]1CC[C@]2(C(=O)O)CC[C@]3(C)[C@H](CC[C@@H]4[C@@]5(C)CC[C@H](OC6O[C@@H](C)[C@H](O)[C@@H](O)[C@H]6O)C(C)(C)[C@@H]5CC[C@]43C)[C@@H]12. The van der Waals surface area contributed by atoms with Crippen LogP contribution in [0.4, 0.5) is 0 Å². The van der Waals surface area contributed by atoms with Crippen molar-refractivity contribution in [2.24, 2.45) is 56.7 Å². The molecule has 6 aliphatic rings. The van der Waals surface area contributed by atoms with Gasteiger partial charge in [0.15, 0.2) is 6.29 Å². The topological polar surface area (TPSA) is 116 Å². The van der Waals surface area contributed by atoms with Crippen LogP contribution in [-0.4, -0.2) is 63.2 Å². The summed E-state index contributed by atoms with van der Waals surface area (Å²) in [6, 6.07) is 0. The van der Waals surface area contributed by atoms with Gasteiger partial charge in [0.2, 0.25) is 0 Å². The van der Waals surface area contributed by atoms with Gasteiger partial charge in [-0.2, -0.15) is 0 Å². The van der Waals surface area contributed by atoms with E-state index in [9.17, 15) is 25.2 Å². The second-order valence-corrected chi connectivity index (χ2v) is 17.3. The first kappa shape index (κ1) is 32.0. The maximum Gasteiger partial charge on any atom is 0.309 e. The molecule has 0 spiro atoms. The molecule has 1 heterocycles. The van der Waals surface area contributed by atoms with Crippen LogP contribution in [0.15, 0.2) is 12.2 Å². The van der Waals surface area contributed by atoms with Crippen molar-refractivity contribution in [1.29, 1.82) is 0 Å². The highest BCUT2D eigenvalue weighted by Gasteiger charge is 2.72. The van der Waals surface area contributed by atoms with E-state index in [1.54, 1.807) is 6.92 Å². The highest BCUT2D eigenvalue weighted by atomic mass is 16.7. The number of carboxylic acid groups (broad SMARTS) is 1. The van der Waals surface area contributed by atoms with Crippen LogP contribution in [-0.2, 0) is 14.3 Å². The van der Waals surface area contributed by atoms with Gasteiger partial charge >= 0.3 is 5.97 Å². The Balaban J connectivity index is 1.28. The van der Waals surface area contributed by atoms with E-state index in [-0.39, 0.29) is 33.7 Å². The summed E-state index contributed by atoms with van der Waals surface area (Å²) in [5, 5.41) is 41.9. The van der Waals surface area contributed by atoms with Gasteiger partial charge in [0.25, 0.3) is 0 Å². The molecule has 0 aromatic heterocycles. The molecule has 43 heavy (non-hydrogen) atoms. The molecule has 15 atom stereocenters. The molecule has 0 aromatic carbocycles. The van der Waals surface area contributed by atoms with Crippen LogP contribution in [0.1, 0.15) is 113 Å². The molecule has 1 saturated heterocycles. The number of allylic oxidation sites excluding steroid dienone is 1. The zero-order chi connectivity index (χ0) is 31.5. The minimum absolute atomic E-state index is 0.0935. The Bertz CT molecular complexity index is 1140. The van der Waals surface area contributed by atoms with Crippen molar-refractivity contribution >= 4 is 5.97 Å². The smallest absolute Gasteiger partial charge is 0.309 e. The Hall–Kier alpha value is -0.990. The van der Waals surface area contributed by atoms with Crippen molar-refractivity contribution in [2.75, 3.05) is 0 Å². The average molecular weight is 603 g/mol. The molecule has 244 valence electrons. The fourth-order valence-corrected chi connectivity index (χ4v) is 13.0. The number of aliphatic carboxylic acids is 1. The monoisotopic (exact) mass is 602 g/mol. The van der Waals surface area contributed by atoms with E-state index in [1.807, 2.05) is 0 Å². The van der Waals surface area contributed by atoms with Crippen LogP contribution in [0.5, 0.6) is 0 Å². The molecule has 1 aliphatic heterocycles. The van der Waals surface area contributed by atoms with Gasteiger partial charge in [-0.05, 0) is 129 Å². The van der Waals surface area contributed by atoms with Gasteiger partial charge in [-0.1, -0.05) is 46.8 Å². The van der Waals surface area contributed by atoms with E-state index in [1.165, 1.54) is 5.57 Å². The normalized spacial score (nSPS) is 55.8. The van der Waals surface area contributed by atoms with Gasteiger partial charge in [0.05, 0.1) is 17.6 Å². The average Bonchev–Trinajstić information content (AvgIpc) is 3.34. The molecular weight excluding hydrogens is 544 g/mol. The van der Waals surface area contributed by atoms with Crippen molar-refractivity contribution < 1.29 is 34.7 Å². The fraction of sp³-hybridized carbons (Fsp3) is 0.917. The number of carboxylic acids is 1. The van der Waals surface area contributed by atoms with E-state index < -0.39 is 42.1 Å². The Kier molecular flexibility index (Phi) is 7.62. The first-order valence-electron chi connectivity index (χ1n) is 17.2. The number of ether oxygens (including phenoxy) is 2. The Morgan fingerprint density at radius 3 is 2.16 bits per heavy atom. The van der Waals surface area contributed by atoms with Gasteiger partial charge < -0.3 is 29.9 Å². The standard InChI is InChI=1S/C36H58O7/c1-19(2)21-11-16-36(31(40)41)18-17-34(7)22(26(21)36)9-10-24-33(6)14-13-25(32(4,5)23(33)12-15-35(24,34)8)43-30-29(39)28(38)27(37)20(3)42-30/h20-30,37-39H,1,9-18H2,2-8H3,(H,40,41)/t20-,21-,22+,23-,24+,25-,26+,27-,28+,29+,30?,33-,34+,35+,36-/m0/s1. The van der Waals surface area contributed by atoms with Crippen molar-refractivity contribution in [3.05, 3.63) is 12.2 Å². The summed E-state index contributed by atoms with van der Waals surface area (Å²) in [5.41, 5.74) is 0.767. The number of rotatable bonds is 4. The molecule has 5 aliphatic carbocycles. The summed E-state index contributed by atoms with van der Waals surface area (Å²) in [6.45, 7) is 20.5. The molecule has 6 fully saturated rings. The molecule has 1 unspecified atom stereocenters. The maximum atomic E-state index is 12.9. The van der Waals surface area contributed by atoms with E-state index in [0.29, 0.717) is 23.7 Å². The van der Waals surface area contributed by atoms with Crippen LogP contribution in [0.3, 0.4) is 0 Å². The number of aliphatic hydroxyl groups is 3. The van der Waals surface area contributed by atoms with E-state index in [0.717, 1.165) is 64.2 Å². The lowest BCUT2D eigenvalue weighted by atomic mass is 9.32. The van der Waals surface area contributed by atoms with Crippen LogP contribution in [0.25, 0.3) is 0 Å². The summed E-state index contributed by atoms with van der Waals surface area (Å²) in [7, 11) is 0. The number of hydrogen-bond acceptors (Lipinski definition) is 6. The zero-order valence-electron chi connectivity index (χ0n) is 27.6. The van der Waals surface area contributed by atoms with Crippen LogP contribution >= 0.6 is 0 Å². The number of fused-ring (bicyclic) bond motifs is 7. The molecule has 5 saturated carbocycles. The minimum Gasteiger partial charge on any atom is -0.481 e. The largest absolute Gasteiger partial charge is 0.481 e. The van der Waals surface area contributed by atoms with E-state index >= 15 is 0 Å². The van der Waals surface area contributed by atoms with Gasteiger partial charge in [-0.15, -0.1) is 0 Å². The Morgan fingerprint density at radius 2 is 1.51 bits per heavy atom. The fourth-order valence-electron chi connectivity index (χ4n) is 13.0. The third kappa shape index (κ3) is 4.19. The number of aliphatic hydroxyl groups excluding tert-OH is 3. The third-order valence-corrected chi connectivity index (χ3v) is 15.5. The molecule has 7 nitrogen and oxygen atoms in total. The van der Waals surface area contributed by atoms with Crippen LogP contribution in [0.2, 0.25) is 0 Å². The quantitative estimate of drug-likeness (QED) is 0.232. The van der Waals surface area contributed by atoms with Crippen LogP contribution < -0.4 is 0 Å². The highest BCUT2D eigenvalue weighted by Crippen LogP contribution is 2.77. The second-order valence-electron chi connectivity index (χ2n) is 17.3. The molecule has 0 radical (unpaired) electrons. The molecule has 0 amide bonds. The lowest BCUT2D eigenvalue weighted by Gasteiger charge is -2.73. The maximum absolute atomic E-state index is 12.9.